The molecule has 0 atom stereocenters. The summed E-state index contributed by atoms with van der Waals surface area (Å²) in [5, 5.41) is 9.12. The predicted molar refractivity (Wildman–Crippen MR) is 165 cm³/mol. The van der Waals surface area contributed by atoms with Gasteiger partial charge in [-0.15, -0.1) is 0 Å². The lowest BCUT2D eigenvalue weighted by Gasteiger charge is -2.13. The van der Waals surface area contributed by atoms with Crippen molar-refractivity contribution in [1.82, 2.24) is 5.43 Å². The van der Waals surface area contributed by atoms with Crippen molar-refractivity contribution in [3.05, 3.63) is 74.3 Å². The van der Waals surface area contributed by atoms with Crippen LogP contribution in [-0.4, -0.2) is 44.3 Å². The van der Waals surface area contributed by atoms with Crippen molar-refractivity contribution < 1.29 is 28.6 Å². The Kier molecular flexibility index (Phi) is 12.2. The molecule has 0 spiro atoms. The first-order valence-corrected chi connectivity index (χ1v) is 14.1. The number of ether oxygens (including phenoxy) is 3. The van der Waals surface area contributed by atoms with E-state index in [4.69, 9.17) is 14.2 Å². The summed E-state index contributed by atoms with van der Waals surface area (Å²) in [5.41, 5.74) is 3.87. The zero-order chi connectivity index (χ0) is 28.9. The monoisotopic (exact) mass is 722 g/mol. The number of hydrazone groups is 1. The maximum Gasteiger partial charge on any atom is 0.329 e. The van der Waals surface area contributed by atoms with Crippen molar-refractivity contribution >= 4 is 73.8 Å². The Labute approximate surface area is 254 Å². The zero-order valence-electron chi connectivity index (χ0n) is 21.8. The fourth-order valence-electron chi connectivity index (χ4n) is 3.20. The summed E-state index contributed by atoms with van der Waals surface area (Å²) in [6.45, 7) is 2.47. The van der Waals surface area contributed by atoms with Gasteiger partial charge in [-0.1, -0.05) is 29.3 Å². The van der Waals surface area contributed by atoms with E-state index in [0.717, 1.165) is 17.3 Å². The number of nitrogens with one attached hydrogen (secondary N) is 3. The number of hydrogen-bond donors (Lipinski definition) is 3. The number of carbonyl (C=O) groups is 3. The van der Waals surface area contributed by atoms with E-state index in [9.17, 15) is 14.4 Å². The number of rotatable bonds is 12. The van der Waals surface area contributed by atoms with Crippen LogP contribution in [0.25, 0.3) is 0 Å². The van der Waals surface area contributed by atoms with Gasteiger partial charge in [0.1, 0.15) is 5.75 Å². The van der Waals surface area contributed by atoms with Crippen LogP contribution in [-0.2, 0) is 14.4 Å². The van der Waals surface area contributed by atoms with Gasteiger partial charge in [-0.05, 0) is 95.2 Å². The number of amides is 3. The van der Waals surface area contributed by atoms with Crippen LogP contribution in [0.3, 0.4) is 0 Å². The number of halogens is 2. The normalized spacial score (nSPS) is 10.6. The Hall–Kier alpha value is -3.65. The number of unbranched alkanes of at least 4 members (excludes halogenated alkanes) is 1. The minimum atomic E-state index is -0.932. The molecule has 3 N–H and O–H groups in total. The molecule has 0 aliphatic heterocycles. The minimum Gasteiger partial charge on any atom is -0.494 e. The summed E-state index contributed by atoms with van der Waals surface area (Å²) >= 11 is 5.39. The van der Waals surface area contributed by atoms with Gasteiger partial charge in [0.05, 0.1) is 23.5 Å². The van der Waals surface area contributed by atoms with Gasteiger partial charge in [0.25, 0.3) is 5.91 Å². The van der Waals surface area contributed by atoms with E-state index < -0.39 is 11.8 Å². The Bertz CT molecular complexity index is 1350. The molecular weight excluding hydrogens is 695 g/mol. The Morgan fingerprint density at radius 3 is 2.30 bits per heavy atom. The average Bonchev–Trinajstić information content (AvgIpc) is 2.94. The molecule has 0 radical (unpaired) electrons. The molecule has 3 aromatic rings. The van der Waals surface area contributed by atoms with Gasteiger partial charge in [-0.3, -0.25) is 14.4 Å². The zero-order valence-corrected chi connectivity index (χ0v) is 25.6. The number of carbonyl (C=O) groups excluding carboxylic acids is 3. The van der Waals surface area contributed by atoms with E-state index in [1.165, 1.54) is 13.3 Å². The van der Waals surface area contributed by atoms with Crippen molar-refractivity contribution in [3.63, 3.8) is 0 Å². The van der Waals surface area contributed by atoms with E-state index in [-0.39, 0.29) is 12.5 Å². The molecule has 3 aromatic carbocycles. The molecule has 0 saturated heterocycles. The van der Waals surface area contributed by atoms with Crippen molar-refractivity contribution in [3.8, 4) is 17.2 Å². The summed E-state index contributed by atoms with van der Waals surface area (Å²) in [6.07, 6.45) is 3.35. The molecule has 40 heavy (non-hydrogen) atoms. The maximum atomic E-state index is 12.3. The van der Waals surface area contributed by atoms with Crippen molar-refractivity contribution in [2.24, 2.45) is 5.10 Å². The quantitative estimate of drug-likeness (QED) is 0.0761. The van der Waals surface area contributed by atoms with E-state index in [0.29, 0.717) is 44.4 Å². The van der Waals surface area contributed by atoms with Crippen LogP contribution >= 0.6 is 38.5 Å². The topological polar surface area (TPSA) is 127 Å². The highest BCUT2D eigenvalue weighted by Gasteiger charge is 2.15. The molecule has 3 amide bonds. The summed E-state index contributed by atoms with van der Waals surface area (Å²) in [4.78, 5) is 36.7. The van der Waals surface area contributed by atoms with Gasteiger partial charge >= 0.3 is 11.8 Å². The SMILES string of the molecule is CCCCOc1ccc(NC(=O)C(=O)N/N=C\c2cc(I)c(OCC(=O)Nc3ccc(Br)cc3)c(OC)c2)cc1. The second-order valence-electron chi connectivity index (χ2n) is 8.26. The van der Waals surface area contributed by atoms with Crippen LogP contribution < -0.4 is 30.3 Å². The smallest absolute Gasteiger partial charge is 0.329 e. The molecule has 12 heteroatoms. The van der Waals surface area contributed by atoms with Crippen molar-refractivity contribution in [1.29, 1.82) is 0 Å². The Balaban J connectivity index is 1.52. The van der Waals surface area contributed by atoms with Gasteiger partial charge in [-0.25, -0.2) is 5.43 Å². The maximum absolute atomic E-state index is 12.3. The van der Waals surface area contributed by atoms with Gasteiger partial charge in [-0.2, -0.15) is 5.10 Å². The van der Waals surface area contributed by atoms with E-state index in [2.05, 4.69) is 44.0 Å². The van der Waals surface area contributed by atoms with E-state index in [1.807, 2.05) is 34.7 Å². The van der Waals surface area contributed by atoms with Crippen LogP contribution in [0, 0.1) is 3.57 Å². The summed E-state index contributed by atoms with van der Waals surface area (Å²) in [6, 6.07) is 17.3. The molecule has 10 nitrogen and oxygen atoms in total. The van der Waals surface area contributed by atoms with Gasteiger partial charge in [0.2, 0.25) is 0 Å². The lowest BCUT2D eigenvalue weighted by molar-refractivity contribution is -0.136. The molecule has 3 rings (SSSR count). The third kappa shape index (κ3) is 9.83. The van der Waals surface area contributed by atoms with Crippen LogP contribution in [0.1, 0.15) is 25.3 Å². The Morgan fingerprint density at radius 2 is 1.62 bits per heavy atom. The van der Waals surface area contributed by atoms with Crippen molar-refractivity contribution in [2.75, 3.05) is 31.0 Å². The Morgan fingerprint density at radius 1 is 0.950 bits per heavy atom. The van der Waals surface area contributed by atoms with Gasteiger partial charge in [0, 0.05) is 15.8 Å². The highest BCUT2D eigenvalue weighted by Crippen LogP contribution is 2.33. The first-order chi connectivity index (χ1) is 19.3. The highest BCUT2D eigenvalue weighted by molar-refractivity contribution is 14.1. The van der Waals surface area contributed by atoms with Crippen LogP contribution in [0.5, 0.6) is 17.2 Å². The second kappa shape index (κ2) is 15.8. The molecule has 0 unspecified atom stereocenters. The average molecular weight is 723 g/mol. The number of methoxy groups -OCH3 is 1. The molecule has 0 aliphatic carbocycles. The first-order valence-electron chi connectivity index (χ1n) is 12.2. The number of hydrogen-bond acceptors (Lipinski definition) is 7. The fourth-order valence-corrected chi connectivity index (χ4v) is 4.24. The fraction of sp³-hybridized carbons (Fsp3) is 0.214. The van der Waals surface area contributed by atoms with Crippen LogP contribution in [0.4, 0.5) is 11.4 Å². The number of anilines is 2. The molecule has 210 valence electrons. The second-order valence-corrected chi connectivity index (χ2v) is 10.3. The minimum absolute atomic E-state index is 0.227. The molecular formula is C28H28BrIN4O6. The molecule has 0 fully saturated rings. The van der Waals surface area contributed by atoms with Gasteiger partial charge < -0.3 is 24.8 Å². The first kappa shape index (κ1) is 30.9. The van der Waals surface area contributed by atoms with E-state index >= 15 is 0 Å². The van der Waals surface area contributed by atoms with Crippen LogP contribution in [0.15, 0.2) is 70.2 Å². The third-order valence-corrected chi connectivity index (χ3v) is 6.52. The lowest BCUT2D eigenvalue weighted by Crippen LogP contribution is -2.32. The third-order valence-electron chi connectivity index (χ3n) is 5.19. The van der Waals surface area contributed by atoms with Crippen molar-refractivity contribution in [2.45, 2.75) is 19.8 Å². The molecule has 0 saturated carbocycles. The largest absolute Gasteiger partial charge is 0.494 e. The molecule has 0 aromatic heterocycles. The summed E-state index contributed by atoms with van der Waals surface area (Å²) < 4.78 is 18.3. The lowest BCUT2D eigenvalue weighted by atomic mass is 10.2. The van der Waals surface area contributed by atoms with E-state index in [1.54, 1.807) is 48.5 Å². The molecule has 0 heterocycles. The molecule has 0 aliphatic rings. The molecule has 0 bridgehead atoms. The van der Waals surface area contributed by atoms with Crippen LogP contribution in [0.2, 0.25) is 0 Å². The predicted octanol–water partition coefficient (Wildman–Crippen LogP) is 5.35. The van der Waals surface area contributed by atoms with Gasteiger partial charge in [0.15, 0.2) is 18.1 Å². The summed E-state index contributed by atoms with van der Waals surface area (Å²) in [5.74, 6) is -0.687. The number of benzene rings is 3. The standard InChI is InChI=1S/C28H28BrIN4O6/c1-3-4-13-39-22-11-9-21(10-12-22)33-27(36)28(37)34-31-16-18-14-23(30)26(24(15-18)38-2)40-17-25(35)32-20-7-5-19(29)6-8-20/h5-12,14-16H,3-4,13,17H2,1-2H3,(H,32,35)(H,33,36)(H,34,37)/b31-16-. The summed E-state index contributed by atoms with van der Waals surface area (Å²) in [7, 11) is 1.47. The number of nitrogens with zero attached hydrogens (tertiary/aromatic N) is 1. The highest BCUT2D eigenvalue weighted by atomic mass is 127.